The SMILES string of the molecule is CCOc1cn(CCOC)nc1C(=O)Nc1ccc(Oc2ccnc3cc(OC)c(OC)cc23)cn1. The van der Waals surface area contributed by atoms with Gasteiger partial charge in [0.25, 0.3) is 5.91 Å². The molecule has 4 rings (SSSR count). The van der Waals surface area contributed by atoms with Crippen molar-refractivity contribution in [2.45, 2.75) is 13.5 Å². The van der Waals surface area contributed by atoms with Crippen molar-refractivity contribution in [2.75, 3.05) is 39.9 Å². The number of pyridine rings is 2. The number of hydrogen-bond acceptors (Lipinski definition) is 9. The summed E-state index contributed by atoms with van der Waals surface area (Å²) in [5, 5.41) is 7.81. The van der Waals surface area contributed by atoms with Crippen LogP contribution in [0, 0.1) is 0 Å². The molecule has 0 unspecified atom stereocenters. The molecule has 0 spiro atoms. The van der Waals surface area contributed by atoms with Crippen LogP contribution >= 0.6 is 0 Å². The number of rotatable bonds is 11. The molecule has 0 aliphatic heterocycles. The van der Waals surface area contributed by atoms with E-state index in [9.17, 15) is 4.79 Å². The molecule has 0 saturated carbocycles. The molecule has 0 atom stereocenters. The molecule has 0 bridgehead atoms. The van der Waals surface area contributed by atoms with Crippen LogP contribution in [0.1, 0.15) is 17.4 Å². The van der Waals surface area contributed by atoms with Gasteiger partial charge in [-0.1, -0.05) is 0 Å². The van der Waals surface area contributed by atoms with Gasteiger partial charge in [0.2, 0.25) is 0 Å². The third-order valence-electron chi connectivity index (χ3n) is 5.18. The van der Waals surface area contributed by atoms with Gasteiger partial charge in [0.1, 0.15) is 17.3 Å². The molecule has 11 nitrogen and oxygen atoms in total. The number of methoxy groups -OCH3 is 3. The summed E-state index contributed by atoms with van der Waals surface area (Å²) in [4.78, 5) is 21.5. The molecular formula is C25H27N5O6. The maximum absolute atomic E-state index is 12.8. The van der Waals surface area contributed by atoms with Gasteiger partial charge in [-0.3, -0.25) is 14.5 Å². The van der Waals surface area contributed by atoms with Crippen LogP contribution in [0.25, 0.3) is 10.9 Å². The van der Waals surface area contributed by atoms with E-state index >= 15 is 0 Å². The van der Waals surface area contributed by atoms with Crippen LogP contribution < -0.4 is 24.3 Å². The van der Waals surface area contributed by atoms with Gasteiger partial charge in [-0.05, 0) is 31.2 Å². The van der Waals surface area contributed by atoms with Crippen molar-refractivity contribution in [3.8, 4) is 28.7 Å². The minimum absolute atomic E-state index is 0.169. The third-order valence-corrected chi connectivity index (χ3v) is 5.18. The predicted molar refractivity (Wildman–Crippen MR) is 132 cm³/mol. The Hall–Kier alpha value is -4.38. The van der Waals surface area contributed by atoms with Crippen LogP contribution in [0.2, 0.25) is 0 Å². The second-order valence-electron chi connectivity index (χ2n) is 7.50. The molecule has 3 aromatic heterocycles. The average molecular weight is 494 g/mol. The zero-order valence-corrected chi connectivity index (χ0v) is 20.5. The summed E-state index contributed by atoms with van der Waals surface area (Å²) in [6.45, 7) is 3.21. The van der Waals surface area contributed by atoms with Crippen molar-refractivity contribution < 1.29 is 28.5 Å². The number of benzene rings is 1. The van der Waals surface area contributed by atoms with E-state index in [4.69, 9.17) is 23.7 Å². The monoisotopic (exact) mass is 493 g/mol. The first-order valence-electron chi connectivity index (χ1n) is 11.2. The van der Waals surface area contributed by atoms with Gasteiger partial charge in [-0.25, -0.2) is 4.98 Å². The molecule has 0 fully saturated rings. The van der Waals surface area contributed by atoms with Crippen LogP contribution in [0.3, 0.4) is 0 Å². The van der Waals surface area contributed by atoms with E-state index in [1.165, 1.54) is 6.20 Å². The fraction of sp³-hybridized carbons (Fsp3) is 0.280. The molecule has 188 valence electrons. The number of anilines is 1. The lowest BCUT2D eigenvalue weighted by atomic mass is 10.2. The topological polar surface area (TPSA) is 119 Å². The summed E-state index contributed by atoms with van der Waals surface area (Å²) < 4.78 is 29.0. The van der Waals surface area contributed by atoms with E-state index in [1.54, 1.807) is 68.7 Å². The molecule has 3 heterocycles. The zero-order chi connectivity index (χ0) is 25.5. The molecule has 1 N–H and O–H groups in total. The Labute approximate surface area is 207 Å². The van der Waals surface area contributed by atoms with Crippen LogP contribution in [0.4, 0.5) is 5.82 Å². The Balaban J connectivity index is 1.50. The molecule has 36 heavy (non-hydrogen) atoms. The van der Waals surface area contributed by atoms with E-state index in [2.05, 4.69) is 20.4 Å². The van der Waals surface area contributed by atoms with Crippen molar-refractivity contribution in [3.63, 3.8) is 0 Å². The number of ether oxygens (including phenoxy) is 5. The van der Waals surface area contributed by atoms with Crippen LogP contribution in [-0.2, 0) is 11.3 Å². The summed E-state index contributed by atoms with van der Waals surface area (Å²) in [6, 6.07) is 8.68. The summed E-state index contributed by atoms with van der Waals surface area (Å²) in [7, 11) is 4.74. The molecule has 0 radical (unpaired) electrons. The standard InChI is InChI=1S/C25H27N5O6/c1-5-35-22-15-30(10-11-32-2)29-24(22)25(31)28-23-7-6-16(14-27-23)36-19-8-9-26-18-13-21(34-4)20(33-3)12-17(18)19/h6-9,12-15H,5,10-11H2,1-4H3,(H,27,28,31). The number of fused-ring (bicyclic) bond motifs is 1. The lowest BCUT2D eigenvalue weighted by Crippen LogP contribution is -2.15. The fourth-order valence-electron chi connectivity index (χ4n) is 3.47. The van der Waals surface area contributed by atoms with E-state index in [0.29, 0.717) is 59.8 Å². The van der Waals surface area contributed by atoms with Crippen LogP contribution in [0.15, 0.2) is 48.9 Å². The molecule has 0 aliphatic rings. The molecule has 4 aromatic rings. The highest BCUT2D eigenvalue weighted by molar-refractivity contribution is 6.04. The first-order valence-corrected chi connectivity index (χ1v) is 11.2. The third kappa shape index (κ3) is 5.47. The van der Waals surface area contributed by atoms with Gasteiger partial charge in [0.15, 0.2) is 22.9 Å². The summed E-state index contributed by atoms with van der Waals surface area (Å²) >= 11 is 0. The maximum Gasteiger partial charge on any atom is 0.281 e. The minimum Gasteiger partial charge on any atom is -0.493 e. The zero-order valence-electron chi connectivity index (χ0n) is 20.5. The average Bonchev–Trinajstić information content (AvgIpc) is 3.31. The Kier molecular flexibility index (Phi) is 7.81. The second kappa shape index (κ2) is 11.4. The van der Waals surface area contributed by atoms with Gasteiger partial charge in [-0.2, -0.15) is 5.10 Å². The van der Waals surface area contributed by atoms with Gasteiger partial charge in [0, 0.05) is 24.8 Å². The predicted octanol–water partition coefficient (Wildman–Crippen LogP) is 3.93. The van der Waals surface area contributed by atoms with E-state index in [1.807, 2.05) is 6.92 Å². The van der Waals surface area contributed by atoms with E-state index in [-0.39, 0.29) is 5.69 Å². The maximum atomic E-state index is 12.8. The Morgan fingerprint density at radius 3 is 2.50 bits per heavy atom. The van der Waals surface area contributed by atoms with E-state index in [0.717, 1.165) is 5.39 Å². The van der Waals surface area contributed by atoms with Crippen LogP contribution in [0.5, 0.6) is 28.7 Å². The number of aromatic nitrogens is 4. The Morgan fingerprint density at radius 2 is 1.81 bits per heavy atom. The number of nitrogens with zero attached hydrogens (tertiary/aromatic N) is 4. The van der Waals surface area contributed by atoms with Gasteiger partial charge >= 0.3 is 0 Å². The smallest absolute Gasteiger partial charge is 0.281 e. The molecule has 11 heteroatoms. The van der Waals surface area contributed by atoms with Crippen molar-refractivity contribution in [2.24, 2.45) is 0 Å². The highest BCUT2D eigenvalue weighted by Gasteiger charge is 2.19. The van der Waals surface area contributed by atoms with Crippen molar-refractivity contribution in [1.82, 2.24) is 19.7 Å². The fourth-order valence-corrected chi connectivity index (χ4v) is 3.47. The van der Waals surface area contributed by atoms with Crippen molar-refractivity contribution in [1.29, 1.82) is 0 Å². The number of hydrogen-bond donors (Lipinski definition) is 1. The van der Waals surface area contributed by atoms with Gasteiger partial charge < -0.3 is 29.0 Å². The number of nitrogens with one attached hydrogen (secondary N) is 1. The highest BCUT2D eigenvalue weighted by Crippen LogP contribution is 2.36. The number of carbonyl (C=O) groups is 1. The molecule has 1 amide bonds. The first-order chi connectivity index (χ1) is 17.6. The summed E-state index contributed by atoms with van der Waals surface area (Å²) in [5.41, 5.74) is 0.861. The first kappa shape index (κ1) is 24.7. The number of carbonyl (C=O) groups excluding carboxylic acids is 1. The number of amides is 1. The minimum atomic E-state index is -0.433. The Morgan fingerprint density at radius 1 is 1.00 bits per heavy atom. The molecular weight excluding hydrogens is 466 g/mol. The van der Waals surface area contributed by atoms with E-state index < -0.39 is 5.91 Å². The second-order valence-corrected chi connectivity index (χ2v) is 7.50. The Bertz CT molecular complexity index is 1340. The van der Waals surface area contributed by atoms with Gasteiger partial charge in [0.05, 0.1) is 51.9 Å². The normalized spacial score (nSPS) is 10.8. The van der Waals surface area contributed by atoms with Crippen LogP contribution in [-0.4, -0.2) is 60.2 Å². The summed E-state index contributed by atoms with van der Waals surface area (Å²) in [5.74, 6) is 2.49. The molecule has 0 aliphatic carbocycles. The van der Waals surface area contributed by atoms with Crippen molar-refractivity contribution in [3.05, 3.63) is 54.6 Å². The lowest BCUT2D eigenvalue weighted by Gasteiger charge is -2.12. The van der Waals surface area contributed by atoms with Crippen molar-refractivity contribution >= 4 is 22.6 Å². The largest absolute Gasteiger partial charge is 0.493 e. The summed E-state index contributed by atoms with van der Waals surface area (Å²) in [6.07, 6.45) is 4.84. The quantitative estimate of drug-likeness (QED) is 0.331. The molecule has 0 saturated heterocycles. The lowest BCUT2D eigenvalue weighted by molar-refractivity contribution is 0.101. The highest BCUT2D eigenvalue weighted by atomic mass is 16.5. The molecule has 1 aromatic carbocycles. The van der Waals surface area contributed by atoms with Gasteiger partial charge in [-0.15, -0.1) is 0 Å².